The minimum absolute atomic E-state index is 0.195. The summed E-state index contributed by atoms with van der Waals surface area (Å²) in [7, 11) is 1.53. The molecule has 2 N–H and O–H groups in total. The lowest BCUT2D eigenvalue weighted by Crippen LogP contribution is -2.24. The number of halogens is 2. The van der Waals surface area contributed by atoms with Crippen LogP contribution in [-0.4, -0.2) is 29.9 Å². The molecule has 1 atom stereocenters. The summed E-state index contributed by atoms with van der Waals surface area (Å²) < 4.78 is 36.0. The van der Waals surface area contributed by atoms with Gasteiger partial charge in [0.25, 0.3) is 0 Å². The molecule has 0 aliphatic heterocycles. The van der Waals surface area contributed by atoms with Crippen LogP contribution in [0.4, 0.5) is 8.78 Å². The normalized spacial score (nSPS) is 12.6. The van der Waals surface area contributed by atoms with Crippen LogP contribution in [0, 0.1) is 11.6 Å². The number of nitrogens with zero attached hydrogens (tertiary/aromatic N) is 2. The van der Waals surface area contributed by atoms with Gasteiger partial charge in [-0.1, -0.05) is 5.16 Å². The number of nitrogens with two attached hydrogens (primary N) is 1. The van der Waals surface area contributed by atoms with E-state index in [0.717, 1.165) is 12.1 Å². The third-order valence-corrected chi connectivity index (χ3v) is 2.64. The van der Waals surface area contributed by atoms with E-state index in [1.807, 2.05) is 0 Å². The predicted octanol–water partition coefficient (Wildman–Crippen LogP) is 1.53. The second-order valence-electron chi connectivity index (χ2n) is 3.94. The SMILES string of the molecule is COC(CN)Cc1nc(-c2ccc(F)c(F)c2)no1. The van der Waals surface area contributed by atoms with Crippen LogP contribution in [0.5, 0.6) is 0 Å². The molecule has 0 aliphatic carbocycles. The van der Waals surface area contributed by atoms with Gasteiger partial charge < -0.3 is 15.0 Å². The van der Waals surface area contributed by atoms with Gasteiger partial charge in [0.15, 0.2) is 11.6 Å². The summed E-state index contributed by atoms with van der Waals surface area (Å²) in [6, 6.07) is 3.41. The Morgan fingerprint density at radius 1 is 1.37 bits per heavy atom. The van der Waals surface area contributed by atoms with E-state index < -0.39 is 11.6 Å². The van der Waals surface area contributed by atoms with Crippen LogP contribution < -0.4 is 5.73 Å². The highest BCUT2D eigenvalue weighted by Crippen LogP contribution is 2.19. The quantitative estimate of drug-likeness (QED) is 0.891. The Morgan fingerprint density at radius 3 is 2.79 bits per heavy atom. The zero-order valence-corrected chi connectivity index (χ0v) is 10.3. The fourth-order valence-corrected chi connectivity index (χ4v) is 1.55. The minimum Gasteiger partial charge on any atom is -0.380 e. The number of ether oxygens (including phenoxy) is 1. The van der Waals surface area contributed by atoms with Gasteiger partial charge in [-0.15, -0.1) is 0 Å². The third-order valence-electron chi connectivity index (χ3n) is 2.64. The Morgan fingerprint density at radius 2 is 2.16 bits per heavy atom. The lowest BCUT2D eigenvalue weighted by Gasteiger charge is -2.08. The van der Waals surface area contributed by atoms with Crippen LogP contribution >= 0.6 is 0 Å². The summed E-state index contributed by atoms with van der Waals surface area (Å²) in [5.74, 6) is -1.35. The van der Waals surface area contributed by atoms with E-state index in [9.17, 15) is 8.78 Å². The van der Waals surface area contributed by atoms with Crippen LogP contribution in [0.2, 0.25) is 0 Å². The lowest BCUT2D eigenvalue weighted by atomic mass is 10.2. The molecule has 1 heterocycles. The highest BCUT2D eigenvalue weighted by atomic mass is 19.2. The highest BCUT2D eigenvalue weighted by molar-refractivity contribution is 5.54. The molecule has 1 aromatic carbocycles. The van der Waals surface area contributed by atoms with Gasteiger partial charge in [0, 0.05) is 19.2 Å². The van der Waals surface area contributed by atoms with Gasteiger partial charge in [-0.25, -0.2) is 8.78 Å². The zero-order valence-electron chi connectivity index (χ0n) is 10.3. The average Bonchev–Trinajstić information content (AvgIpc) is 2.87. The number of aromatic nitrogens is 2. The van der Waals surface area contributed by atoms with Crippen molar-refractivity contribution in [3.8, 4) is 11.4 Å². The molecule has 2 aromatic rings. The Hall–Kier alpha value is -1.86. The monoisotopic (exact) mass is 269 g/mol. The first kappa shape index (κ1) is 13.6. The van der Waals surface area contributed by atoms with E-state index in [4.69, 9.17) is 15.0 Å². The first-order valence-corrected chi connectivity index (χ1v) is 5.65. The number of rotatable bonds is 5. The Labute approximate surface area is 108 Å². The first-order chi connectivity index (χ1) is 9.13. The third kappa shape index (κ3) is 3.12. The Bertz CT molecular complexity index is 556. The van der Waals surface area contributed by atoms with Gasteiger partial charge in [-0.2, -0.15) is 4.98 Å². The van der Waals surface area contributed by atoms with Crippen molar-refractivity contribution in [1.82, 2.24) is 10.1 Å². The summed E-state index contributed by atoms with van der Waals surface area (Å²) in [4.78, 5) is 4.08. The largest absolute Gasteiger partial charge is 0.380 e. The van der Waals surface area contributed by atoms with Crippen LogP contribution in [0.3, 0.4) is 0 Å². The topological polar surface area (TPSA) is 74.2 Å². The molecule has 0 bridgehead atoms. The summed E-state index contributed by atoms with van der Waals surface area (Å²) in [5, 5.41) is 3.71. The first-order valence-electron chi connectivity index (χ1n) is 5.65. The Kier molecular flexibility index (Phi) is 4.18. The van der Waals surface area contributed by atoms with Gasteiger partial charge in [0.1, 0.15) is 0 Å². The van der Waals surface area contributed by atoms with E-state index in [1.54, 1.807) is 0 Å². The van der Waals surface area contributed by atoms with Crippen LogP contribution in [-0.2, 0) is 11.2 Å². The van der Waals surface area contributed by atoms with Gasteiger partial charge >= 0.3 is 0 Å². The van der Waals surface area contributed by atoms with Gasteiger partial charge in [-0.3, -0.25) is 0 Å². The summed E-state index contributed by atoms with van der Waals surface area (Å²) >= 11 is 0. The molecule has 1 aromatic heterocycles. The molecule has 19 heavy (non-hydrogen) atoms. The van der Waals surface area contributed by atoms with Crippen LogP contribution in [0.15, 0.2) is 22.7 Å². The maximum absolute atomic E-state index is 13.1. The number of methoxy groups -OCH3 is 1. The molecular weight excluding hydrogens is 256 g/mol. The standard InChI is InChI=1S/C12H13F2N3O2/c1-18-8(6-15)5-11-16-12(17-19-11)7-2-3-9(13)10(14)4-7/h2-4,8H,5-6,15H2,1H3. The van der Waals surface area contributed by atoms with Crippen molar-refractivity contribution in [3.63, 3.8) is 0 Å². The molecule has 0 spiro atoms. The molecule has 0 saturated heterocycles. The van der Waals surface area contributed by atoms with Gasteiger partial charge in [0.2, 0.25) is 11.7 Å². The maximum Gasteiger partial charge on any atom is 0.229 e. The predicted molar refractivity (Wildman–Crippen MR) is 63.2 cm³/mol. The second-order valence-corrected chi connectivity index (χ2v) is 3.94. The molecule has 5 nitrogen and oxygen atoms in total. The lowest BCUT2D eigenvalue weighted by molar-refractivity contribution is 0.102. The molecule has 0 radical (unpaired) electrons. The van der Waals surface area contributed by atoms with Crippen LogP contribution in [0.25, 0.3) is 11.4 Å². The molecule has 0 aliphatic rings. The molecule has 0 amide bonds. The van der Waals surface area contributed by atoms with E-state index in [1.165, 1.54) is 13.2 Å². The number of hydrogen-bond acceptors (Lipinski definition) is 5. The van der Waals surface area contributed by atoms with E-state index in [0.29, 0.717) is 24.4 Å². The summed E-state index contributed by atoms with van der Waals surface area (Å²) in [6.45, 7) is 0.319. The average molecular weight is 269 g/mol. The number of benzene rings is 1. The number of hydrogen-bond donors (Lipinski definition) is 1. The summed E-state index contributed by atoms with van der Waals surface area (Å²) in [5.41, 5.74) is 5.82. The van der Waals surface area contributed by atoms with Crippen LogP contribution in [0.1, 0.15) is 5.89 Å². The smallest absolute Gasteiger partial charge is 0.229 e. The molecule has 0 saturated carbocycles. The van der Waals surface area contributed by atoms with Crippen molar-refractivity contribution >= 4 is 0 Å². The molecule has 7 heteroatoms. The van der Waals surface area contributed by atoms with Crippen molar-refractivity contribution in [2.45, 2.75) is 12.5 Å². The van der Waals surface area contributed by atoms with Crippen molar-refractivity contribution < 1.29 is 18.0 Å². The fourth-order valence-electron chi connectivity index (χ4n) is 1.55. The molecular formula is C12H13F2N3O2. The maximum atomic E-state index is 13.1. The second kappa shape index (κ2) is 5.85. The summed E-state index contributed by atoms with van der Waals surface area (Å²) in [6.07, 6.45) is 0.141. The van der Waals surface area contributed by atoms with Crippen molar-refractivity contribution in [2.24, 2.45) is 5.73 Å². The van der Waals surface area contributed by atoms with Gasteiger partial charge in [0.05, 0.1) is 12.5 Å². The molecule has 0 fully saturated rings. The fraction of sp³-hybridized carbons (Fsp3) is 0.333. The Balaban J connectivity index is 2.18. The van der Waals surface area contributed by atoms with E-state index >= 15 is 0 Å². The van der Waals surface area contributed by atoms with E-state index in [2.05, 4.69) is 10.1 Å². The zero-order chi connectivity index (χ0) is 13.8. The molecule has 2 rings (SSSR count). The molecule has 1 unspecified atom stereocenters. The molecule has 102 valence electrons. The van der Waals surface area contributed by atoms with E-state index in [-0.39, 0.29) is 11.9 Å². The highest BCUT2D eigenvalue weighted by Gasteiger charge is 2.14. The van der Waals surface area contributed by atoms with Crippen molar-refractivity contribution in [3.05, 3.63) is 35.7 Å². The minimum atomic E-state index is -0.958. The van der Waals surface area contributed by atoms with Crippen molar-refractivity contribution in [2.75, 3.05) is 13.7 Å². The van der Waals surface area contributed by atoms with Crippen molar-refractivity contribution in [1.29, 1.82) is 0 Å². The van der Waals surface area contributed by atoms with Gasteiger partial charge in [-0.05, 0) is 18.2 Å².